The molecule has 0 unspecified atom stereocenters. The van der Waals surface area contributed by atoms with Crippen molar-refractivity contribution in [3.63, 3.8) is 0 Å². The number of aromatic carboxylic acids is 1. The van der Waals surface area contributed by atoms with Gasteiger partial charge in [-0.05, 0) is 37.5 Å². The second-order valence-corrected chi connectivity index (χ2v) is 4.53. The third-order valence-corrected chi connectivity index (χ3v) is 3.24. The van der Waals surface area contributed by atoms with Crippen molar-refractivity contribution in [2.24, 2.45) is 0 Å². The summed E-state index contributed by atoms with van der Waals surface area (Å²) in [6.07, 6.45) is 1.40. The second-order valence-electron chi connectivity index (χ2n) is 4.53. The predicted octanol–water partition coefficient (Wildman–Crippen LogP) is 2.55. The number of hydrogen-bond donors (Lipinski definition) is 1. The van der Waals surface area contributed by atoms with Gasteiger partial charge < -0.3 is 5.11 Å². The van der Waals surface area contributed by atoms with Gasteiger partial charge in [-0.1, -0.05) is 18.2 Å². The lowest BCUT2D eigenvalue weighted by Crippen LogP contribution is -2.06. The highest BCUT2D eigenvalue weighted by molar-refractivity contribution is 5.88. The van der Waals surface area contributed by atoms with Crippen LogP contribution in [0.5, 0.6) is 0 Å². The Balaban J connectivity index is 2.29. The van der Waals surface area contributed by atoms with Gasteiger partial charge in [-0.25, -0.2) is 4.79 Å². The van der Waals surface area contributed by atoms with Crippen molar-refractivity contribution in [1.29, 1.82) is 0 Å². The van der Waals surface area contributed by atoms with E-state index in [0.717, 1.165) is 5.56 Å². The van der Waals surface area contributed by atoms with E-state index in [9.17, 15) is 4.79 Å². The molecule has 0 fully saturated rings. The molecule has 1 aromatic carbocycles. The van der Waals surface area contributed by atoms with Gasteiger partial charge in [-0.3, -0.25) is 4.68 Å². The zero-order valence-corrected chi connectivity index (χ0v) is 10.8. The van der Waals surface area contributed by atoms with Gasteiger partial charge in [0.2, 0.25) is 0 Å². The molecule has 94 valence electrons. The standard InChI is InChI=1S/C14H16N2O2/c1-9-4-5-12(6-10(9)2)8-16-11(3)13(7-15-16)14(17)18/h4-7H,8H2,1-3H3,(H,17,18). The minimum Gasteiger partial charge on any atom is -0.478 e. The molecule has 0 atom stereocenters. The number of carboxylic acids is 1. The molecule has 1 N–H and O–H groups in total. The van der Waals surface area contributed by atoms with Crippen molar-refractivity contribution in [2.75, 3.05) is 0 Å². The molecule has 0 aliphatic heterocycles. The quantitative estimate of drug-likeness (QED) is 0.902. The highest BCUT2D eigenvalue weighted by Gasteiger charge is 2.12. The van der Waals surface area contributed by atoms with Gasteiger partial charge in [-0.15, -0.1) is 0 Å². The summed E-state index contributed by atoms with van der Waals surface area (Å²) in [7, 11) is 0. The molecule has 0 saturated heterocycles. The molecule has 2 aromatic rings. The van der Waals surface area contributed by atoms with Crippen LogP contribution in [0.1, 0.15) is 32.7 Å². The highest BCUT2D eigenvalue weighted by atomic mass is 16.4. The van der Waals surface area contributed by atoms with E-state index in [0.29, 0.717) is 12.2 Å². The lowest BCUT2D eigenvalue weighted by atomic mass is 10.1. The summed E-state index contributed by atoms with van der Waals surface area (Å²) in [5.74, 6) is -0.932. The molecule has 18 heavy (non-hydrogen) atoms. The zero-order valence-electron chi connectivity index (χ0n) is 10.8. The Morgan fingerprint density at radius 2 is 2.00 bits per heavy atom. The van der Waals surface area contributed by atoms with Crippen LogP contribution in [0.15, 0.2) is 24.4 Å². The first-order valence-electron chi connectivity index (χ1n) is 5.81. The van der Waals surface area contributed by atoms with Crippen molar-refractivity contribution >= 4 is 5.97 Å². The van der Waals surface area contributed by atoms with Crippen LogP contribution in [0.25, 0.3) is 0 Å². The molecule has 0 aliphatic rings. The Morgan fingerprint density at radius 1 is 1.28 bits per heavy atom. The summed E-state index contributed by atoms with van der Waals surface area (Å²) >= 11 is 0. The number of aryl methyl sites for hydroxylation is 2. The summed E-state index contributed by atoms with van der Waals surface area (Å²) in [6, 6.07) is 6.22. The third-order valence-electron chi connectivity index (χ3n) is 3.24. The maximum atomic E-state index is 10.9. The van der Waals surface area contributed by atoms with Crippen molar-refractivity contribution < 1.29 is 9.90 Å². The van der Waals surface area contributed by atoms with Crippen LogP contribution >= 0.6 is 0 Å². The van der Waals surface area contributed by atoms with Crippen molar-refractivity contribution in [2.45, 2.75) is 27.3 Å². The second kappa shape index (κ2) is 4.64. The summed E-state index contributed by atoms with van der Waals surface area (Å²) in [4.78, 5) is 10.9. The monoisotopic (exact) mass is 244 g/mol. The van der Waals surface area contributed by atoms with E-state index in [2.05, 4.69) is 31.1 Å². The molecular formula is C14H16N2O2. The van der Waals surface area contributed by atoms with Crippen LogP contribution in [0.3, 0.4) is 0 Å². The van der Waals surface area contributed by atoms with E-state index >= 15 is 0 Å². The Labute approximate surface area is 106 Å². The molecule has 0 saturated carbocycles. The van der Waals surface area contributed by atoms with Gasteiger partial charge in [0.25, 0.3) is 0 Å². The smallest absolute Gasteiger partial charge is 0.339 e. The molecular weight excluding hydrogens is 228 g/mol. The number of nitrogens with zero attached hydrogens (tertiary/aromatic N) is 2. The Kier molecular flexibility index (Phi) is 3.19. The van der Waals surface area contributed by atoms with Crippen molar-refractivity contribution in [3.8, 4) is 0 Å². The molecule has 1 aromatic heterocycles. The molecule has 0 aliphatic carbocycles. The maximum Gasteiger partial charge on any atom is 0.339 e. The average Bonchev–Trinajstić information content (AvgIpc) is 2.66. The first-order chi connectivity index (χ1) is 8.49. The molecule has 0 amide bonds. The molecule has 0 radical (unpaired) electrons. The number of benzene rings is 1. The Morgan fingerprint density at radius 3 is 2.56 bits per heavy atom. The number of rotatable bonds is 3. The number of aromatic nitrogens is 2. The highest BCUT2D eigenvalue weighted by Crippen LogP contribution is 2.13. The lowest BCUT2D eigenvalue weighted by Gasteiger charge is -2.07. The minimum absolute atomic E-state index is 0.263. The number of hydrogen-bond acceptors (Lipinski definition) is 2. The van der Waals surface area contributed by atoms with Crippen LogP contribution in [-0.4, -0.2) is 20.9 Å². The lowest BCUT2D eigenvalue weighted by molar-refractivity contribution is 0.0696. The van der Waals surface area contributed by atoms with Crippen LogP contribution in [0.4, 0.5) is 0 Å². The first-order valence-corrected chi connectivity index (χ1v) is 5.81. The molecule has 4 heteroatoms. The topological polar surface area (TPSA) is 55.1 Å². The third kappa shape index (κ3) is 2.27. The van der Waals surface area contributed by atoms with Gasteiger partial charge in [0.1, 0.15) is 5.56 Å². The average molecular weight is 244 g/mol. The van der Waals surface area contributed by atoms with Crippen LogP contribution in [0.2, 0.25) is 0 Å². The molecule has 0 bridgehead atoms. The molecule has 1 heterocycles. The first kappa shape index (κ1) is 12.4. The fraction of sp³-hybridized carbons (Fsp3) is 0.286. The maximum absolute atomic E-state index is 10.9. The minimum atomic E-state index is -0.932. The van der Waals surface area contributed by atoms with E-state index in [1.165, 1.54) is 17.3 Å². The normalized spacial score (nSPS) is 10.6. The van der Waals surface area contributed by atoms with E-state index in [-0.39, 0.29) is 5.56 Å². The van der Waals surface area contributed by atoms with Crippen LogP contribution in [-0.2, 0) is 6.54 Å². The fourth-order valence-electron chi connectivity index (χ4n) is 1.89. The summed E-state index contributed by atoms with van der Waals surface area (Å²) < 4.78 is 1.72. The number of carboxylic acid groups (broad SMARTS) is 1. The van der Waals surface area contributed by atoms with E-state index in [4.69, 9.17) is 5.11 Å². The SMILES string of the molecule is Cc1ccc(Cn2ncc(C(=O)O)c2C)cc1C. The zero-order chi connectivity index (χ0) is 13.3. The Bertz CT molecular complexity index is 600. The fourth-order valence-corrected chi connectivity index (χ4v) is 1.89. The van der Waals surface area contributed by atoms with Crippen molar-refractivity contribution in [3.05, 3.63) is 52.3 Å². The largest absolute Gasteiger partial charge is 0.478 e. The van der Waals surface area contributed by atoms with E-state index in [1.807, 2.05) is 6.07 Å². The van der Waals surface area contributed by atoms with Gasteiger partial charge in [-0.2, -0.15) is 5.10 Å². The van der Waals surface area contributed by atoms with Gasteiger partial charge >= 0.3 is 5.97 Å². The van der Waals surface area contributed by atoms with E-state index < -0.39 is 5.97 Å². The van der Waals surface area contributed by atoms with Crippen LogP contribution < -0.4 is 0 Å². The van der Waals surface area contributed by atoms with Gasteiger partial charge in [0.05, 0.1) is 18.4 Å². The predicted molar refractivity (Wildman–Crippen MR) is 68.9 cm³/mol. The summed E-state index contributed by atoms with van der Waals surface area (Å²) in [5, 5.41) is 13.1. The summed E-state index contributed by atoms with van der Waals surface area (Å²) in [5.41, 5.74) is 4.55. The summed E-state index contributed by atoms with van der Waals surface area (Å²) in [6.45, 7) is 6.51. The van der Waals surface area contributed by atoms with E-state index in [1.54, 1.807) is 11.6 Å². The molecule has 0 spiro atoms. The number of carbonyl (C=O) groups is 1. The van der Waals surface area contributed by atoms with Gasteiger partial charge in [0, 0.05) is 0 Å². The van der Waals surface area contributed by atoms with Crippen molar-refractivity contribution in [1.82, 2.24) is 9.78 Å². The van der Waals surface area contributed by atoms with Crippen LogP contribution in [0, 0.1) is 20.8 Å². The molecule has 4 nitrogen and oxygen atoms in total. The molecule has 2 rings (SSSR count). The van der Waals surface area contributed by atoms with Gasteiger partial charge in [0.15, 0.2) is 0 Å². The Hall–Kier alpha value is -2.10.